The van der Waals surface area contributed by atoms with Crippen LogP contribution in [0.4, 0.5) is 5.69 Å². The summed E-state index contributed by atoms with van der Waals surface area (Å²) in [6.07, 6.45) is 2.46. The third-order valence-electron chi connectivity index (χ3n) is 6.06. The van der Waals surface area contributed by atoms with Crippen molar-refractivity contribution in [3.63, 3.8) is 0 Å². The van der Waals surface area contributed by atoms with Gasteiger partial charge in [0.25, 0.3) is 5.91 Å². The zero-order valence-corrected chi connectivity index (χ0v) is 19.6. The number of carbonyl (C=O) groups excluding carboxylic acids is 2. The van der Waals surface area contributed by atoms with E-state index < -0.39 is 10.0 Å². The van der Waals surface area contributed by atoms with Crippen molar-refractivity contribution in [1.29, 1.82) is 0 Å². The monoisotopic (exact) mass is 471 g/mol. The SMILES string of the molecule is Cc1ccc(S(=O)(=O)N2CCOCC2)cc1C(=O)NCc1cccc(N2CCCCC2=O)c1. The van der Waals surface area contributed by atoms with E-state index in [9.17, 15) is 18.0 Å². The molecule has 33 heavy (non-hydrogen) atoms. The number of nitrogens with zero attached hydrogens (tertiary/aromatic N) is 2. The molecule has 0 aliphatic carbocycles. The highest BCUT2D eigenvalue weighted by atomic mass is 32.2. The molecule has 0 atom stereocenters. The van der Waals surface area contributed by atoms with E-state index in [1.54, 1.807) is 17.9 Å². The van der Waals surface area contributed by atoms with E-state index in [4.69, 9.17) is 4.74 Å². The lowest BCUT2D eigenvalue weighted by atomic mass is 10.1. The maximum absolute atomic E-state index is 13.0. The summed E-state index contributed by atoms with van der Waals surface area (Å²) in [6.45, 7) is 4.08. The van der Waals surface area contributed by atoms with Crippen molar-refractivity contribution in [3.05, 3.63) is 59.2 Å². The normalized spacial score (nSPS) is 17.7. The topological polar surface area (TPSA) is 96.0 Å². The summed E-state index contributed by atoms with van der Waals surface area (Å²) in [7, 11) is -3.69. The fourth-order valence-corrected chi connectivity index (χ4v) is 5.57. The fraction of sp³-hybridized carbons (Fsp3) is 0.417. The van der Waals surface area contributed by atoms with Gasteiger partial charge in [-0.3, -0.25) is 9.59 Å². The predicted molar refractivity (Wildman–Crippen MR) is 125 cm³/mol. The molecular formula is C24H29N3O5S. The summed E-state index contributed by atoms with van der Waals surface area (Å²) in [5.41, 5.74) is 2.72. The molecule has 2 aliphatic rings. The van der Waals surface area contributed by atoms with Gasteiger partial charge >= 0.3 is 0 Å². The molecule has 9 heteroatoms. The molecule has 0 spiro atoms. The number of carbonyl (C=O) groups is 2. The van der Waals surface area contributed by atoms with Gasteiger partial charge in [0.2, 0.25) is 15.9 Å². The molecule has 176 valence electrons. The Labute approximate surface area is 194 Å². The summed E-state index contributed by atoms with van der Waals surface area (Å²) >= 11 is 0. The lowest BCUT2D eigenvalue weighted by Gasteiger charge is -2.27. The lowest BCUT2D eigenvalue weighted by molar-refractivity contribution is -0.119. The molecule has 0 saturated carbocycles. The van der Waals surface area contributed by atoms with Crippen LogP contribution in [0.5, 0.6) is 0 Å². The van der Waals surface area contributed by atoms with Gasteiger partial charge in [0.05, 0.1) is 18.1 Å². The first-order chi connectivity index (χ1) is 15.9. The third kappa shape index (κ3) is 5.26. The number of rotatable bonds is 6. The summed E-state index contributed by atoms with van der Waals surface area (Å²) in [4.78, 5) is 27.0. The number of benzene rings is 2. The Balaban J connectivity index is 1.47. The highest BCUT2D eigenvalue weighted by molar-refractivity contribution is 7.89. The Hall–Kier alpha value is -2.75. The average Bonchev–Trinajstić information content (AvgIpc) is 2.84. The number of aryl methyl sites for hydroxylation is 1. The number of sulfonamides is 1. The fourth-order valence-electron chi connectivity index (χ4n) is 4.13. The minimum absolute atomic E-state index is 0.103. The van der Waals surface area contributed by atoms with Crippen LogP contribution in [0.15, 0.2) is 47.4 Å². The number of hydrogen-bond donors (Lipinski definition) is 1. The smallest absolute Gasteiger partial charge is 0.251 e. The maximum atomic E-state index is 13.0. The molecule has 2 aromatic rings. The van der Waals surface area contributed by atoms with Crippen LogP contribution in [-0.4, -0.2) is 57.4 Å². The molecule has 0 unspecified atom stereocenters. The van der Waals surface area contributed by atoms with Crippen LogP contribution < -0.4 is 10.2 Å². The molecule has 2 aliphatic heterocycles. The number of hydrogen-bond acceptors (Lipinski definition) is 5. The maximum Gasteiger partial charge on any atom is 0.251 e. The first-order valence-electron chi connectivity index (χ1n) is 11.2. The highest BCUT2D eigenvalue weighted by Gasteiger charge is 2.27. The van der Waals surface area contributed by atoms with Gasteiger partial charge in [0.1, 0.15) is 0 Å². The number of nitrogens with one attached hydrogen (secondary N) is 1. The molecule has 8 nitrogen and oxygen atoms in total. The van der Waals surface area contributed by atoms with E-state index in [1.807, 2.05) is 24.3 Å². The summed E-state index contributed by atoms with van der Waals surface area (Å²) in [5, 5.41) is 2.88. The zero-order chi connectivity index (χ0) is 23.4. The van der Waals surface area contributed by atoms with Gasteiger partial charge in [0.15, 0.2) is 0 Å². The molecule has 0 radical (unpaired) electrons. The summed E-state index contributed by atoms with van der Waals surface area (Å²) < 4.78 is 32.6. The Morgan fingerprint density at radius 1 is 1.06 bits per heavy atom. The van der Waals surface area contributed by atoms with Crippen molar-refractivity contribution in [2.45, 2.75) is 37.6 Å². The van der Waals surface area contributed by atoms with Crippen LogP contribution >= 0.6 is 0 Å². The van der Waals surface area contributed by atoms with Gasteiger partial charge in [-0.1, -0.05) is 18.2 Å². The molecule has 2 amide bonds. The standard InChI is InChI=1S/C24H29N3O5S/c1-18-8-9-21(33(30,31)26-11-13-32-14-12-26)16-22(18)24(29)25-17-19-5-4-6-20(15-19)27-10-3-2-7-23(27)28/h4-6,8-9,15-16H,2-3,7,10-14,17H2,1H3,(H,25,29). The largest absolute Gasteiger partial charge is 0.379 e. The number of anilines is 1. The molecule has 1 N–H and O–H groups in total. The summed E-state index contributed by atoms with van der Waals surface area (Å²) in [5.74, 6) is -0.220. The predicted octanol–water partition coefficient (Wildman–Crippen LogP) is 2.46. The Morgan fingerprint density at radius 3 is 2.61 bits per heavy atom. The summed E-state index contributed by atoms with van der Waals surface area (Å²) in [6, 6.07) is 12.2. The van der Waals surface area contributed by atoms with Crippen molar-refractivity contribution in [1.82, 2.24) is 9.62 Å². The van der Waals surface area contributed by atoms with Crippen LogP contribution in [0.25, 0.3) is 0 Å². The van der Waals surface area contributed by atoms with Crippen LogP contribution in [0.2, 0.25) is 0 Å². The van der Waals surface area contributed by atoms with E-state index in [0.29, 0.717) is 50.4 Å². The minimum Gasteiger partial charge on any atom is -0.379 e. The van der Waals surface area contributed by atoms with Crippen molar-refractivity contribution in [2.24, 2.45) is 0 Å². The molecular weight excluding hydrogens is 442 g/mol. The van der Waals surface area contributed by atoms with Gasteiger partial charge in [-0.15, -0.1) is 0 Å². The number of piperidine rings is 1. The molecule has 2 saturated heterocycles. The van der Waals surface area contributed by atoms with Gasteiger partial charge < -0.3 is 15.0 Å². The minimum atomic E-state index is -3.69. The highest BCUT2D eigenvalue weighted by Crippen LogP contribution is 2.23. The van der Waals surface area contributed by atoms with E-state index >= 15 is 0 Å². The Bertz CT molecular complexity index is 1140. The third-order valence-corrected chi connectivity index (χ3v) is 7.95. The molecule has 2 fully saturated rings. The van der Waals surface area contributed by atoms with Gasteiger partial charge in [-0.05, 0) is 55.2 Å². The van der Waals surface area contributed by atoms with Crippen LogP contribution in [0, 0.1) is 6.92 Å². The second kappa shape index (κ2) is 10.0. The number of morpholine rings is 1. The molecule has 0 bridgehead atoms. The quantitative estimate of drug-likeness (QED) is 0.698. The first kappa shape index (κ1) is 23.4. The Kier molecular flexibility index (Phi) is 7.11. The van der Waals surface area contributed by atoms with Gasteiger partial charge in [0, 0.05) is 43.9 Å². The second-order valence-corrected chi connectivity index (χ2v) is 10.3. The van der Waals surface area contributed by atoms with E-state index in [1.165, 1.54) is 16.4 Å². The molecule has 0 aromatic heterocycles. The van der Waals surface area contributed by atoms with E-state index in [-0.39, 0.29) is 23.3 Å². The molecule has 2 aromatic carbocycles. The lowest BCUT2D eigenvalue weighted by Crippen LogP contribution is -2.40. The van der Waals surface area contributed by atoms with Crippen molar-refractivity contribution >= 4 is 27.5 Å². The number of amides is 2. The van der Waals surface area contributed by atoms with Crippen molar-refractivity contribution in [3.8, 4) is 0 Å². The molecule has 2 heterocycles. The van der Waals surface area contributed by atoms with E-state index in [0.717, 1.165) is 24.1 Å². The van der Waals surface area contributed by atoms with Crippen molar-refractivity contribution in [2.75, 3.05) is 37.7 Å². The average molecular weight is 472 g/mol. The van der Waals surface area contributed by atoms with Crippen LogP contribution in [0.3, 0.4) is 0 Å². The van der Waals surface area contributed by atoms with Crippen LogP contribution in [0.1, 0.15) is 40.7 Å². The van der Waals surface area contributed by atoms with Crippen molar-refractivity contribution < 1.29 is 22.7 Å². The van der Waals surface area contributed by atoms with E-state index in [2.05, 4.69) is 5.32 Å². The van der Waals surface area contributed by atoms with Crippen LogP contribution in [-0.2, 0) is 26.1 Å². The zero-order valence-electron chi connectivity index (χ0n) is 18.7. The molecule has 4 rings (SSSR count). The second-order valence-electron chi connectivity index (χ2n) is 8.35. The Morgan fingerprint density at radius 2 is 1.85 bits per heavy atom. The van der Waals surface area contributed by atoms with Gasteiger partial charge in [-0.25, -0.2) is 8.42 Å². The van der Waals surface area contributed by atoms with Gasteiger partial charge in [-0.2, -0.15) is 4.31 Å². The number of ether oxygens (including phenoxy) is 1. The first-order valence-corrected chi connectivity index (χ1v) is 12.7.